The standard InChI is InChI=1S/C17H15FN2O5/c1-19(9-12-4-2-3-5-15(12)18)17(22)11-25-16-7-6-14(20(23)24)8-13(16)10-21/h2-8,10H,9,11H2,1H3. The second-order valence-corrected chi connectivity index (χ2v) is 5.23. The Kier molecular flexibility index (Phi) is 5.78. The summed E-state index contributed by atoms with van der Waals surface area (Å²) in [5.74, 6) is -0.784. The number of benzene rings is 2. The topological polar surface area (TPSA) is 89.8 Å². The average molecular weight is 346 g/mol. The van der Waals surface area contributed by atoms with Gasteiger partial charge in [-0.15, -0.1) is 0 Å². The molecule has 2 aromatic rings. The molecule has 0 fully saturated rings. The van der Waals surface area contributed by atoms with Crippen molar-refractivity contribution in [3.63, 3.8) is 0 Å². The zero-order valence-corrected chi connectivity index (χ0v) is 13.3. The molecule has 0 atom stereocenters. The van der Waals surface area contributed by atoms with E-state index in [1.165, 1.54) is 30.1 Å². The number of aldehydes is 1. The van der Waals surface area contributed by atoms with Gasteiger partial charge >= 0.3 is 0 Å². The zero-order chi connectivity index (χ0) is 18.4. The summed E-state index contributed by atoms with van der Waals surface area (Å²) < 4.78 is 18.9. The number of halogens is 1. The Morgan fingerprint density at radius 2 is 2.04 bits per heavy atom. The molecule has 0 spiro atoms. The highest BCUT2D eigenvalue weighted by molar-refractivity contribution is 5.82. The van der Waals surface area contributed by atoms with Gasteiger partial charge in [-0.25, -0.2) is 4.39 Å². The summed E-state index contributed by atoms with van der Waals surface area (Å²) in [4.78, 5) is 34.5. The van der Waals surface area contributed by atoms with Crippen LogP contribution in [0.5, 0.6) is 5.75 Å². The van der Waals surface area contributed by atoms with Gasteiger partial charge in [0.25, 0.3) is 11.6 Å². The molecule has 0 saturated carbocycles. The monoisotopic (exact) mass is 346 g/mol. The first-order valence-electron chi connectivity index (χ1n) is 7.26. The zero-order valence-electron chi connectivity index (χ0n) is 13.3. The van der Waals surface area contributed by atoms with E-state index in [9.17, 15) is 24.1 Å². The molecule has 0 saturated heterocycles. The van der Waals surface area contributed by atoms with E-state index in [0.717, 1.165) is 6.07 Å². The number of likely N-dealkylation sites (N-methyl/N-ethyl adjacent to an activating group) is 1. The Bertz CT molecular complexity index is 809. The van der Waals surface area contributed by atoms with Crippen LogP contribution in [0, 0.1) is 15.9 Å². The number of hydrogen-bond donors (Lipinski definition) is 0. The highest BCUT2D eigenvalue weighted by Crippen LogP contribution is 2.22. The lowest BCUT2D eigenvalue weighted by molar-refractivity contribution is -0.384. The molecule has 130 valence electrons. The van der Waals surface area contributed by atoms with Crippen molar-refractivity contribution < 1.29 is 23.6 Å². The molecule has 0 N–H and O–H groups in total. The van der Waals surface area contributed by atoms with E-state index in [0.29, 0.717) is 11.8 Å². The van der Waals surface area contributed by atoms with Crippen LogP contribution in [0.15, 0.2) is 42.5 Å². The van der Waals surface area contributed by atoms with Gasteiger partial charge < -0.3 is 9.64 Å². The Morgan fingerprint density at radius 1 is 1.32 bits per heavy atom. The molecule has 0 bridgehead atoms. The maximum atomic E-state index is 13.6. The van der Waals surface area contributed by atoms with E-state index >= 15 is 0 Å². The molecule has 1 amide bonds. The van der Waals surface area contributed by atoms with Crippen molar-refractivity contribution in [2.45, 2.75) is 6.54 Å². The van der Waals surface area contributed by atoms with Crippen molar-refractivity contribution in [2.75, 3.05) is 13.7 Å². The fraction of sp³-hybridized carbons (Fsp3) is 0.176. The minimum absolute atomic E-state index is 0.0289. The summed E-state index contributed by atoms with van der Waals surface area (Å²) in [6, 6.07) is 9.59. The normalized spacial score (nSPS) is 10.2. The summed E-state index contributed by atoms with van der Waals surface area (Å²) in [6.45, 7) is -0.320. The molecule has 0 aliphatic carbocycles. The van der Waals surface area contributed by atoms with Gasteiger partial charge in [0.1, 0.15) is 11.6 Å². The fourth-order valence-electron chi connectivity index (χ4n) is 2.09. The summed E-state index contributed by atoms with van der Waals surface area (Å²) in [7, 11) is 1.49. The number of ether oxygens (including phenoxy) is 1. The minimum Gasteiger partial charge on any atom is -0.483 e. The number of hydrogen-bond acceptors (Lipinski definition) is 5. The Hall–Kier alpha value is -3.29. The third-order valence-corrected chi connectivity index (χ3v) is 3.47. The van der Waals surface area contributed by atoms with Crippen molar-refractivity contribution in [1.29, 1.82) is 0 Å². The lowest BCUT2D eigenvalue weighted by Crippen LogP contribution is -2.31. The second-order valence-electron chi connectivity index (χ2n) is 5.23. The fourth-order valence-corrected chi connectivity index (χ4v) is 2.09. The molecule has 0 heterocycles. The van der Waals surface area contributed by atoms with Gasteiger partial charge in [0.2, 0.25) is 0 Å². The van der Waals surface area contributed by atoms with Crippen LogP contribution in [-0.4, -0.2) is 35.7 Å². The minimum atomic E-state index is -0.635. The smallest absolute Gasteiger partial charge is 0.270 e. The molecule has 0 unspecified atom stereocenters. The van der Waals surface area contributed by atoms with E-state index in [1.807, 2.05) is 0 Å². The second kappa shape index (κ2) is 8.00. The maximum absolute atomic E-state index is 13.6. The lowest BCUT2D eigenvalue weighted by atomic mass is 10.2. The number of non-ortho nitro benzene ring substituents is 1. The van der Waals surface area contributed by atoms with Crippen LogP contribution in [0.3, 0.4) is 0 Å². The summed E-state index contributed by atoms with van der Waals surface area (Å²) in [5, 5.41) is 10.7. The number of amides is 1. The summed E-state index contributed by atoms with van der Waals surface area (Å²) in [6.07, 6.45) is 0.413. The molecule has 2 rings (SSSR count). The highest BCUT2D eigenvalue weighted by Gasteiger charge is 2.15. The van der Waals surface area contributed by atoms with Crippen LogP contribution < -0.4 is 4.74 Å². The van der Waals surface area contributed by atoms with Crippen LogP contribution in [0.25, 0.3) is 0 Å². The Balaban J connectivity index is 2.01. The molecule has 2 aromatic carbocycles. The SMILES string of the molecule is CN(Cc1ccccc1F)C(=O)COc1ccc([N+](=O)[O-])cc1C=O. The number of nitro groups is 1. The van der Waals surface area contributed by atoms with Crippen molar-refractivity contribution in [3.05, 3.63) is 69.5 Å². The number of carbonyl (C=O) groups is 2. The molecule has 7 nitrogen and oxygen atoms in total. The van der Waals surface area contributed by atoms with Gasteiger partial charge in [0.05, 0.1) is 10.5 Å². The van der Waals surface area contributed by atoms with E-state index in [2.05, 4.69) is 0 Å². The van der Waals surface area contributed by atoms with Crippen molar-refractivity contribution in [2.24, 2.45) is 0 Å². The largest absolute Gasteiger partial charge is 0.483 e. The first kappa shape index (κ1) is 18.1. The van der Waals surface area contributed by atoms with Gasteiger partial charge in [-0.05, 0) is 12.1 Å². The molecule has 0 aliphatic rings. The van der Waals surface area contributed by atoms with Crippen LogP contribution in [0.2, 0.25) is 0 Å². The van der Waals surface area contributed by atoms with Crippen LogP contribution in [-0.2, 0) is 11.3 Å². The maximum Gasteiger partial charge on any atom is 0.270 e. The summed E-state index contributed by atoms with van der Waals surface area (Å²) >= 11 is 0. The third-order valence-electron chi connectivity index (χ3n) is 3.47. The number of carbonyl (C=O) groups excluding carboxylic acids is 2. The lowest BCUT2D eigenvalue weighted by Gasteiger charge is -2.18. The predicted molar refractivity (Wildman–Crippen MR) is 86.9 cm³/mol. The molecule has 0 radical (unpaired) electrons. The van der Waals surface area contributed by atoms with Crippen molar-refractivity contribution in [1.82, 2.24) is 4.90 Å². The Morgan fingerprint density at radius 3 is 2.68 bits per heavy atom. The van der Waals surface area contributed by atoms with Crippen LogP contribution >= 0.6 is 0 Å². The number of nitro benzene ring substituents is 1. The molecule has 25 heavy (non-hydrogen) atoms. The van der Waals surface area contributed by atoms with E-state index < -0.39 is 16.6 Å². The molecule has 8 heteroatoms. The number of rotatable bonds is 7. The van der Waals surface area contributed by atoms with Crippen LogP contribution in [0.4, 0.5) is 10.1 Å². The molecular weight excluding hydrogens is 331 g/mol. The molecular formula is C17H15FN2O5. The van der Waals surface area contributed by atoms with E-state index in [1.54, 1.807) is 18.2 Å². The van der Waals surface area contributed by atoms with Gasteiger partial charge in [-0.1, -0.05) is 18.2 Å². The van der Waals surface area contributed by atoms with Crippen molar-refractivity contribution >= 4 is 17.9 Å². The van der Waals surface area contributed by atoms with Gasteiger partial charge in [0, 0.05) is 31.3 Å². The number of nitrogens with zero attached hydrogens (tertiary/aromatic N) is 2. The predicted octanol–water partition coefficient (Wildman–Crippen LogP) is 2.58. The van der Waals surface area contributed by atoms with E-state index in [4.69, 9.17) is 4.74 Å². The third kappa shape index (κ3) is 4.60. The molecule has 0 aliphatic heterocycles. The first-order chi connectivity index (χ1) is 11.9. The first-order valence-corrected chi connectivity index (χ1v) is 7.26. The quantitative estimate of drug-likeness (QED) is 0.437. The Labute approximate surface area is 142 Å². The van der Waals surface area contributed by atoms with E-state index in [-0.39, 0.29) is 30.2 Å². The van der Waals surface area contributed by atoms with Crippen molar-refractivity contribution in [3.8, 4) is 5.75 Å². The summed E-state index contributed by atoms with van der Waals surface area (Å²) in [5.41, 5.74) is 0.0819. The van der Waals surface area contributed by atoms with Crippen LogP contribution in [0.1, 0.15) is 15.9 Å². The van der Waals surface area contributed by atoms with Gasteiger partial charge in [0.15, 0.2) is 12.9 Å². The van der Waals surface area contributed by atoms with Gasteiger partial charge in [-0.2, -0.15) is 0 Å². The van der Waals surface area contributed by atoms with Gasteiger partial charge in [-0.3, -0.25) is 19.7 Å². The molecule has 0 aromatic heterocycles. The average Bonchev–Trinajstić information content (AvgIpc) is 2.61. The highest BCUT2D eigenvalue weighted by atomic mass is 19.1.